The average Bonchev–Trinajstić information content (AvgIpc) is 3.61. The molecule has 290 valence electrons. The molecule has 0 N–H and O–H groups in total. The Kier molecular flexibility index (Phi) is 9.97. The van der Waals surface area contributed by atoms with E-state index in [9.17, 15) is 0 Å². The maximum Gasteiger partial charge on any atom is 0.123 e. The van der Waals surface area contributed by atoms with Crippen LogP contribution in [0.3, 0.4) is 0 Å². The first kappa shape index (κ1) is 39.0. The molecule has 1 aliphatic rings. The van der Waals surface area contributed by atoms with Crippen molar-refractivity contribution >= 4 is 38.8 Å². The van der Waals surface area contributed by atoms with Gasteiger partial charge in [0.1, 0.15) is 5.75 Å². The highest BCUT2D eigenvalue weighted by Crippen LogP contribution is 2.44. The predicted molar refractivity (Wildman–Crippen MR) is 239 cm³/mol. The summed E-state index contributed by atoms with van der Waals surface area (Å²) in [5.41, 5.74) is 14.7. The summed E-state index contributed by atoms with van der Waals surface area (Å²) in [6.45, 7) is 30.9. The van der Waals surface area contributed by atoms with Crippen molar-refractivity contribution in [1.29, 1.82) is 0 Å². The Morgan fingerprint density at radius 3 is 1.49 bits per heavy atom. The first-order valence-electron chi connectivity index (χ1n) is 21.0. The van der Waals surface area contributed by atoms with Gasteiger partial charge < -0.3 is 13.9 Å². The topological polar surface area (TPSA) is 19.1 Å². The van der Waals surface area contributed by atoms with Crippen molar-refractivity contribution in [3.8, 4) is 17.1 Å². The number of fused-ring (bicyclic) bond motifs is 6. The van der Waals surface area contributed by atoms with Crippen molar-refractivity contribution < 1.29 is 4.74 Å². The van der Waals surface area contributed by atoms with Crippen molar-refractivity contribution in [2.75, 3.05) is 6.61 Å². The van der Waals surface area contributed by atoms with Gasteiger partial charge in [0.05, 0.1) is 34.5 Å². The molecule has 3 heteroatoms. The molecule has 6 aromatic rings. The summed E-state index contributed by atoms with van der Waals surface area (Å²) in [5, 5.41) is 3.95. The summed E-state index contributed by atoms with van der Waals surface area (Å²) in [6.07, 6.45) is 9.31. The lowest BCUT2D eigenvalue weighted by Gasteiger charge is -2.27. The fraction of sp³-hybridized carbons (Fsp3) is 0.462. The molecule has 7 rings (SSSR count). The number of benzene rings is 4. The standard InChI is InChI=1S/C52H66N2O/c1-14-15-16-17-26-55-40-32-38(53-45-22-18-34(49(2,3)4)27-41(45)42-28-35(50(5,6)7)19-23-46(42)53)31-39(33-40)54-47-24-20-36(51(8,9)10)29-43(47)44-30-37(52(11,12)13)21-25-48(44)54/h18-20,22-24,27-33H,14-17,21,25-26H2,1-13H3. The number of rotatable bonds is 8. The van der Waals surface area contributed by atoms with Gasteiger partial charge in [0.15, 0.2) is 0 Å². The normalized spacial score (nSPS) is 14.2. The van der Waals surface area contributed by atoms with Crippen LogP contribution in [0.2, 0.25) is 0 Å². The molecule has 0 spiro atoms. The van der Waals surface area contributed by atoms with Gasteiger partial charge in [-0.2, -0.15) is 0 Å². The van der Waals surface area contributed by atoms with E-state index < -0.39 is 0 Å². The fourth-order valence-electron chi connectivity index (χ4n) is 8.49. The molecule has 1 aliphatic carbocycles. The number of aromatic nitrogens is 2. The summed E-state index contributed by atoms with van der Waals surface area (Å²) < 4.78 is 11.8. The van der Waals surface area contributed by atoms with Crippen LogP contribution in [0.5, 0.6) is 5.75 Å². The Labute approximate surface area is 331 Å². The lowest BCUT2D eigenvalue weighted by Crippen LogP contribution is -2.14. The van der Waals surface area contributed by atoms with Gasteiger partial charge in [0, 0.05) is 39.5 Å². The highest BCUT2D eigenvalue weighted by atomic mass is 16.5. The number of hydrogen-bond acceptors (Lipinski definition) is 1. The average molecular weight is 735 g/mol. The Bertz CT molecular complexity index is 2350. The van der Waals surface area contributed by atoms with E-state index >= 15 is 0 Å². The summed E-state index contributed by atoms with van der Waals surface area (Å²) in [6, 6.07) is 28.4. The molecular weight excluding hydrogens is 669 g/mol. The van der Waals surface area contributed by atoms with E-state index in [1.807, 2.05) is 0 Å². The molecule has 0 saturated heterocycles. The monoisotopic (exact) mass is 735 g/mol. The minimum atomic E-state index is 0.0473. The zero-order valence-corrected chi connectivity index (χ0v) is 36.3. The zero-order valence-electron chi connectivity index (χ0n) is 36.3. The summed E-state index contributed by atoms with van der Waals surface area (Å²) in [4.78, 5) is 0. The first-order chi connectivity index (χ1) is 25.8. The maximum atomic E-state index is 6.72. The van der Waals surface area contributed by atoms with Crippen molar-refractivity contribution in [1.82, 2.24) is 9.13 Å². The third-order valence-corrected chi connectivity index (χ3v) is 12.0. The van der Waals surface area contributed by atoms with E-state index in [0.717, 1.165) is 43.0 Å². The number of ether oxygens (including phenoxy) is 1. The molecule has 0 unspecified atom stereocenters. The Hall–Kier alpha value is -4.24. The van der Waals surface area contributed by atoms with Gasteiger partial charge in [-0.3, -0.25) is 0 Å². The molecule has 0 radical (unpaired) electrons. The van der Waals surface area contributed by atoms with Gasteiger partial charge >= 0.3 is 0 Å². The molecule has 0 saturated carbocycles. The largest absolute Gasteiger partial charge is 0.493 e. The highest BCUT2D eigenvalue weighted by Gasteiger charge is 2.28. The molecule has 0 bridgehead atoms. The van der Waals surface area contributed by atoms with E-state index in [0.29, 0.717) is 0 Å². The van der Waals surface area contributed by atoms with E-state index in [4.69, 9.17) is 4.74 Å². The smallest absolute Gasteiger partial charge is 0.123 e. The van der Waals surface area contributed by atoms with E-state index in [-0.39, 0.29) is 21.7 Å². The molecular formula is C52H66N2O. The van der Waals surface area contributed by atoms with Gasteiger partial charge in [0.2, 0.25) is 0 Å². The van der Waals surface area contributed by atoms with Crippen LogP contribution < -0.4 is 4.74 Å². The second-order valence-corrected chi connectivity index (χ2v) is 20.5. The van der Waals surface area contributed by atoms with E-state index in [1.54, 1.807) is 0 Å². The van der Waals surface area contributed by atoms with Crippen LogP contribution in [-0.2, 0) is 22.7 Å². The van der Waals surface area contributed by atoms with Crippen LogP contribution in [0.1, 0.15) is 150 Å². The second-order valence-electron chi connectivity index (χ2n) is 20.5. The van der Waals surface area contributed by atoms with Gasteiger partial charge in [0.25, 0.3) is 0 Å². The number of hydrogen-bond donors (Lipinski definition) is 0. The Morgan fingerprint density at radius 1 is 0.509 bits per heavy atom. The number of allylic oxidation sites excluding steroid dienone is 1. The molecule has 0 atom stereocenters. The van der Waals surface area contributed by atoms with Gasteiger partial charge in [-0.25, -0.2) is 0 Å². The lowest BCUT2D eigenvalue weighted by molar-refractivity contribution is 0.305. The first-order valence-corrected chi connectivity index (χ1v) is 21.0. The molecule has 2 heterocycles. The number of nitrogens with zero attached hydrogens (tertiary/aromatic N) is 2. The lowest BCUT2D eigenvalue weighted by atomic mass is 9.79. The minimum Gasteiger partial charge on any atom is -0.493 e. The van der Waals surface area contributed by atoms with Gasteiger partial charge in [-0.1, -0.05) is 139 Å². The quantitative estimate of drug-likeness (QED) is 0.143. The van der Waals surface area contributed by atoms with Crippen LogP contribution in [0.15, 0.2) is 78.4 Å². The predicted octanol–water partition coefficient (Wildman–Crippen LogP) is 15.0. The molecule has 4 aromatic carbocycles. The van der Waals surface area contributed by atoms with Gasteiger partial charge in [-0.05, 0) is 100 Å². The maximum absolute atomic E-state index is 6.72. The Morgan fingerprint density at radius 2 is 1.00 bits per heavy atom. The van der Waals surface area contributed by atoms with Crippen molar-refractivity contribution in [3.05, 3.63) is 106 Å². The van der Waals surface area contributed by atoms with Crippen molar-refractivity contribution in [3.63, 3.8) is 0 Å². The van der Waals surface area contributed by atoms with Gasteiger partial charge in [-0.15, -0.1) is 0 Å². The fourth-order valence-corrected chi connectivity index (χ4v) is 8.49. The summed E-state index contributed by atoms with van der Waals surface area (Å²) >= 11 is 0. The number of unbranched alkanes of at least 4 members (excludes halogenated alkanes) is 3. The molecule has 55 heavy (non-hydrogen) atoms. The summed E-state index contributed by atoms with van der Waals surface area (Å²) in [7, 11) is 0. The zero-order chi connectivity index (χ0) is 39.7. The van der Waals surface area contributed by atoms with E-state index in [1.165, 1.54) is 85.5 Å². The van der Waals surface area contributed by atoms with Crippen LogP contribution in [0.4, 0.5) is 0 Å². The molecule has 3 nitrogen and oxygen atoms in total. The van der Waals surface area contributed by atoms with Crippen LogP contribution in [0, 0.1) is 5.41 Å². The van der Waals surface area contributed by atoms with E-state index in [2.05, 4.69) is 178 Å². The Balaban J connectivity index is 1.51. The van der Waals surface area contributed by atoms with Crippen LogP contribution in [-0.4, -0.2) is 15.7 Å². The molecule has 0 amide bonds. The summed E-state index contributed by atoms with van der Waals surface area (Å²) in [5.74, 6) is 0.931. The molecule has 2 aromatic heterocycles. The van der Waals surface area contributed by atoms with Crippen molar-refractivity contribution in [2.45, 2.75) is 145 Å². The highest BCUT2D eigenvalue weighted by molar-refractivity contribution is 6.10. The molecule has 0 fully saturated rings. The third kappa shape index (κ3) is 7.53. The van der Waals surface area contributed by atoms with Crippen molar-refractivity contribution in [2.24, 2.45) is 5.41 Å². The molecule has 0 aliphatic heterocycles. The second kappa shape index (κ2) is 14.1. The van der Waals surface area contributed by atoms with Crippen LogP contribution >= 0.6 is 0 Å². The van der Waals surface area contributed by atoms with Crippen LogP contribution in [0.25, 0.3) is 50.2 Å². The minimum absolute atomic E-state index is 0.0473. The third-order valence-electron chi connectivity index (χ3n) is 12.0. The SMILES string of the molecule is CCCCCCOc1cc(-n2c3c(c4cc(C(C)(C)C)ccc42)C=C(C(C)(C)C)CC3)cc(-n2c3ccc(C(C)(C)C)cc3c3cc(C(C)(C)C)ccc32)c1.